The van der Waals surface area contributed by atoms with Crippen LogP contribution in [0, 0.1) is 0 Å². The van der Waals surface area contributed by atoms with Gasteiger partial charge in [0.1, 0.15) is 13.2 Å². The van der Waals surface area contributed by atoms with Crippen LogP contribution >= 0.6 is 0 Å². The van der Waals surface area contributed by atoms with Crippen LogP contribution in [0.25, 0.3) is 0 Å². The van der Waals surface area contributed by atoms with Crippen molar-refractivity contribution in [3.8, 4) is 0 Å². The maximum absolute atomic E-state index is 14.2. The van der Waals surface area contributed by atoms with Crippen LogP contribution in [0.15, 0.2) is 24.3 Å². The van der Waals surface area contributed by atoms with Gasteiger partial charge in [0.15, 0.2) is 6.10 Å². The van der Waals surface area contributed by atoms with Gasteiger partial charge in [0.2, 0.25) is 0 Å². The second-order valence-electron chi connectivity index (χ2n) is 18.5. The molecule has 0 fully saturated rings. The van der Waals surface area contributed by atoms with Crippen molar-refractivity contribution in [3.05, 3.63) is 24.3 Å². The van der Waals surface area contributed by atoms with Crippen LogP contribution in [0.5, 0.6) is 0 Å². The van der Waals surface area contributed by atoms with Crippen molar-refractivity contribution in [2.45, 2.75) is 207 Å². The predicted molar refractivity (Wildman–Crippen MR) is 288 cm³/mol. The second kappa shape index (κ2) is 54.8. The Balaban J connectivity index is 4.94. The average molecular weight is 1050 g/mol. The van der Waals surface area contributed by atoms with Crippen molar-refractivity contribution in [1.29, 1.82) is 0 Å². The number of unbranched alkanes of at least 4 members (excludes halogenated alkanes) is 21. The number of ether oxygens (including phenoxy) is 8. The molecule has 0 radical (unpaired) electrons. The summed E-state index contributed by atoms with van der Waals surface area (Å²) in [4.78, 5) is 40.4. The Hall–Kier alpha value is -2.44. The molecule has 1 unspecified atom stereocenters. The molecule has 0 saturated heterocycles. The van der Waals surface area contributed by atoms with Crippen LogP contribution in [0.1, 0.15) is 201 Å². The average Bonchev–Trinajstić information content (AvgIpc) is 3.36. The Morgan fingerprint density at radius 1 is 0.431 bits per heavy atom. The lowest BCUT2D eigenvalue weighted by Crippen LogP contribution is -2.45. The van der Waals surface area contributed by atoms with Crippen molar-refractivity contribution >= 4 is 28.0 Å². The summed E-state index contributed by atoms with van der Waals surface area (Å²) in [7, 11) is -3.47. The molecular formula is C56H105NO14S. The second-order valence-corrected chi connectivity index (χ2v) is 20.2. The summed E-state index contributed by atoms with van der Waals surface area (Å²) in [5.74, 6) is -0.368. The lowest BCUT2D eigenvalue weighted by Gasteiger charge is -2.28. The first kappa shape index (κ1) is 69.6. The number of rotatable bonds is 57. The Morgan fingerprint density at radius 2 is 0.847 bits per heavy atom. The Morgan fingerprint density at radius 3 is 1.35 bits per heavy atom. The largest absolute Gasteiger partial charge is 0.461 e. The summed E-state index contributed by atoms with van der Waals surface area (Å²) >= 11 is 0. The number of amides is 1. The highest BCUT2D eigenvalue weighted by Crippen LogP contribution is 2.13. The number of esters is 2. The lowest BCUT2D eigenvalue weighted by atomic mass is 10.1. The van der Waals surface area contributed by atoms with E-state index in [9.17, 15) is 22.8 Å². The topological polar surface area (TPSA) is 172 Å². The van der Waals surface area contributed by atoms with Crippen LogP contribution in [-0.2, 0) is 66.6 Å². The van der Waals surface area contributed by atoms with Crippen LogP contribution in [-0.4, -0.2) is 149 Å². The van der Waals surface area contributed by atoms with Gasteiger partial charge in [0, 0.05) is 39.1 Å². The fourth-order valence-electron chi connectivity index (χ4n) is 7.49. The number of hydrogen-bond donors (Lipinski definition) is 0. The molecule has 16 heteroatoms. The van der Waals surface area contributed by atoms with Crippen LogP contribution in [0.3, 0.4) is 0 Å². The van der Waals surface area contributed by atoms with E-state index in [0.717, 1.165) is 103 Å². The van der Waals surface area contributed by atoms with Gasteiger partial charge in [-0.3, -0.25) is 18.6 Å². The Kier molecular flexibility index (Phi) is 53.0. The zero-order valence-corrected chi connectivity index (χ0v) is 46.9. The van der Waals surface area contributed by atoms with Crippen molar-refractivity contribution in [1.82, 2.24) is 4.90 Å². The van der Waals surface area contributed by atoms with E-state index in [-0.39, 0.29) is 37.7 Å². The molecular weight excluding hydrogens is 943 g/mol. The molecule has 1 amide bonds. The first-order chi connectivity index (χ1) is 35.1. The fourth-order valence-corrected chi connectivity index (χ4v) is 7.86. The molecule has 0 heterocycles. The van der Waals surface area contributed by atoms with Gasteiger partial charge in [-0.2, -0.15) is 8.42 Å². The minimum Gasteiger partial charge on any atom is -0.461 e. The number of carbonyl (C=O) groups is 3. The minimum absolute atomic E-state index is 0.0276. The summed E-state index contributed by atoms with van der Waals surface area (Å²) < 4.78 is 72.1. The van der Waals surface area contributed by atoms with E-state index in [2.05, 4.69) is 37.1 Å². The molecule has 0 aromatic rings. The number of hydrogen-bond acceptors (Lipinski definition) is 14. The van der Waals surface area contributed by atoms with Gasteiger partial charge < -0.3 is 42.8 Å². The molecule has 0 aliphatic heterocycles. The fraction of sp³-hybridized carbons (Fsp3) is 0.875. The molecule has 0 rings (SSSR count). The third-order valence-corrected chi connectivity index (χ3v) is 12.4. The molecule has 0 aliphatic rings. The highest BCUT2D eigenvalue weighted by molar-refractivity contribution is 7.85. The molecule has 15 nitrogen and oxygen atoms in total. The summed E-state index contributed by atoms with van der Waals surface area (Å²) in [5, 5.41) is 0. The van der Waals surface area contributed by atoms with Gasteiger partial charge in [-0.05, 0) is 57.8 Å². The maximum Gasteiger partial charge on any atom is 0.306 e. The first-order valence-electron chi connectivity index (χ1n) is 28.4. The highest BCUT2D eigenvalue weighted by Gasteiger charge is 2.25. The smallest absolute Gasteiger partial charge is 0.306 e. The van der Waals surface area contributed by atoms with Crippen LogP contribution in [0.4, 0.5) is 0 Å². The molecule has 0 saturated carbocycles. The van der Waals surface area contributed by atoms with Crippen molar-refractivity contribution < 1.29 is 64.9 Å². The molecule has 72 heavy (non-hydrogen) atoms. The normalized spacial score (nSPS) is 12.3. The minimum atomic E-state index is -3.47. The molecule has 424 valence electrons. The van der Waals surface area contributed by atoms with Gasteiger partial charge in [0.25, 0.3) is 16.0 Å². The molecule has 0 bridgehead atoms. The van der Waals surface area contributed by atoms with Gasteiger partial charge in [-0.15, -0.1) is 0 Å². The van der Waals surface area contributed by atoms with Gasteiger partial charge in [-0.1, -0.05) is 154 Å². The molecule has 0 N–H and O–H groups in total. The van der Waals surface area contributed by atoms with E-state index < -0.39 is 16.2 Å². The SMILES string of the molecule is CCCCCC/C=C\COC(=O)CCCCCCCOCC(OCCCCCCCC(=O)OC/C=C\CCCCCC)C(=O)N(CCCCCCCC)CCOCCOCCOCCOCCOS(C)(=O)=O. The third kappa shape index (κ3) is 52.4. The van der Waals surface area contributed by atoms with Crippen molar-refractivity contribution in [3.63, 3.8) is 0 Å². The van der Waals surface area contributed by atoms with E-state index in [1.54, 1.807) is 0 Å². The lowest BCUT2D eigenvalue weighted by molar-refractivity contribution is -0.149. The zero-order valence-electron chi connectivity index (χ0n) is 46.1. The summed E-state index contributed by atoms with van der Waals surface area (Å²) in [5.41, 5.74) is 0. The quantitative estimate of drug-likeness (QED) is 0.0244. The van der Waals surface area contributed by atoms with Crippen molar-refractivity contribution in [2.24, 2.45) is 0 Å². The summed E-state index contributed by atoms with van der Waals surface area (Å²) in [6.07, 6.45) is 36.9. The highest BCUT2D eigenvalue weighted by atomic mass is 32.2. The first-order valence-corrected chi connectivity index (χ1v) is 30.2. The monoisotopic (exact) mass is 1050 g/mol. The van der Waals surface area contributed by atoms with Gasteiger partial charge in [-0.25, -0.2) is 0 Å². The summed E-state index contributed by atoms with van der Waals surface area (Å²) in [6.45, 7) is 12.2. The summed E-state index contributed by atoms with van der Waals surface area (Å²) in [6, 6.07) is 0. The molecule has 0 aromatic carbocycles. The molecule has 1 atom stereocenters. The van der Waals surface area contributed by atoms with E-state index in [1.165, 1.54) is 70.6 Å². The van der Waals surface area contributed by atoms with E-state index in [0.29, 0.717) is 98.6 Å². The Labute approximate surface area is 439 Å². The third-order valence-electron chi connectivity index (χ3n) is 11.8. The zero-order chi connectivity index (χ0) is 52.7. The van der Waals surface area contributed by atoms with Crippen LogP contribution < -0.4 is 0 Å². The van der Waals surface area contributed by atoms with E-state index in [1.807, 2.05) is 17.1 Å². The van der Waals surface area contributed by atoms with Gasteiger partial charge in [0.05, 0.1) is 72.3 Å². The standard InChI is InChI=1S/C56H105NO14S/c1-5-8-11-14-17-25-33-41-69-54(58)35-28-21-19-24-31-39-67-52-53(68-40-32-27-20-22-29-36-55(59)70-42-34-26-18-15-12-9-6-2)56(60)57(37-30-23-16-13-10-7-3)38-43-63-44-45-64-46-47-65-48-49-66-50-51-71-72(4,61)62/h25-26,33-34,53H,5-24,27-32,35-52H2,1-4H3/b33-25-,34-26-. The number of allylic oxidation sites excluding steroid dienone is 2. The van der Waals surface area contributed by atoms with Gasteiger partial charge >= 0.3 is 11.9 Å². The van der Waals surface area contributed by atoms with Crippen LogP contribution in [0.2, 0.25) is 0 Å². The molecule has 0 spiro atoms. The molecule has 0 aliphatic carbocycles. The number of nitrogens with zero attached hydrogens (tertiary/aromatic N) is 1. The van der Waals surface area contributed by atoms with E-state index in [4.69, 9.17) is 37.9 Å². The van der Waals surface area contributed by atoms with E-state index >= 15 is 0 Å². The van der Waals surface area contributed by atoms with Crippen molar-refractivity contribution in [2.75, 3.05) is 112 Å². The number of carbonyl (C=O) groups excluding carboxylic acids is 3. The maximum atomic E-state index is 14.2. The molecule has 0 aromatic heterocycles. The Bertz CT molecular complexity index is 1380. The predicted octanol–water partition coefficient (Wildman–Crippen LogP) is 11.4.